The van der Waals surface area contributed by atoms with Gasteiger partial charge < -0.3 is 10.5 Å². The molecule has 0 radical (unpaired) electrons. The molecule has 1 unspecified atom stereocenters. The summed E-state index contributed by atoms with van der Waals surface area (Å²) < 4.78 is 33.7. The highest BCUT2D eigenvalue weighted by atomic mass is 32.2. The van der Waals surface area contributed by atoms with Crippen LogP contribution in [0.25, 0.3) is 0 Å². The van der Waals surface area contributed by atoms with Crippen molar-refractivity contribution in [1.82, 2.24) is 9.03 Å². The Bertz CT molecular complexity index is 343. The van der Waals surface area contributed by atoms with E-state index >= 15 is 0 Å². The van der Waals surface area contributed by atoms with Crippen molar-refractivity contribution in [2.24, 2.45) is 5.73 Å². The van der Waals surface area contributed by atoms with Crippen molar-refractivity contribution in [3.05, 3.63) is 0 Å². The van der Waals surface area contributed by atoms with E-state index in [1.807, 2.05) is 20.8 Å². The van der Waals surface area contributed by atoms with Crippen LogP contribution in [0.4, 0.5) is 0 Å². The molecule has 0 spiro atoms. The molecule has 0 bridgehead atoms. The Morgan fingerprint density at radius 2 is 2.18 bits per heavy atom. The van der Waals surface area contributed by atoms with E-state index in [4.69, 9.17) is 10.5 Å². The van der Waals surface area contributed by atoms with Crippen LogP contribution in [-0.2, 0) is 14.9 Å². The summed E-state index contributed by atoms with van der Waals surface area (Å²) in [5, 5.41) is 0. The van der Waals surface area contributed by atoms with Gasteiger partial charge in [0.05, 0.1) is 11.7 Å². The van der Waals surface area contributed by atoms with Gasteiger partial charge in [0.25, 0.3) is 10.2 Å². The lowest BCUT2D eigenvalue weighted by atomic mass is 10.1. The second kappa shape index (κ2) is 5.62. The van der Waals surface area contributed by atoms with Crippen LogP contribution in [0.1, 0.15) is 27.2 Å². The Balaban J connectivity index is 2.76. The molecular formula is C10H23N3O3S. The Morgan fingerprint density at radius 1 is 1.53 bits per heavy atom. The molecule has 1 heterocycles. The molecule has 7 heteroatoms. The van der Waals surface area contributed by atoms with Gasteiger partial charge in [0.15, 0.2) is 0 Å². The van der Waals surface area contributed by atoms with Crippen molar-refractivity contribution in [3.8, 4) is 0 Å². The molecule has 0 aromatic rings. The molecule has 0 amide bonds. The Labute approximate surface area is 104 Å². The Hall–Kier alpha value is -0.210. The van der Waals surface area contributed by atoms with Crippen LogP contribution in [0.2, 0.25) is 0 Å². The number of hydrogen-bond acceptors (Lipinski definition) is 4. The van der Waals surface area contributed by atoms with Gasteiger partial charge in [0.2, 0.25) is 0 Å². The third-order valence-electron chi connectivity index (χ3n) is 2.59. The molecule has 0 aromatic heterocycles. The van der Waals surface area contributed by atoms with Crippen LogP contribution >= 0.6 is 0 Å². The largest absolute Gasteiger partial charge is 0.368 e. The highest BCUT2D eigenvalue weighted by molar-refractivity contribution is 7.87. The number of ether oxygens (including phenoxy) is 1. The predicted molar refractivity (Wildman–Crippen MR) is 66.8 cm³/mol. The third-order valence-corrected chi connectivity index (χ3v) is 4.11. The van der Waals surface area contributed by atoms with Gasteiger partial charge in [0.1, 0.15) is 0 Å². The summed E-state index contributed by atoms with van der Waals surface area (Å²) in [5.74, 6) is 0. The van der Waals surface area contributed by atoms with Gasteiger partial charge in [0, 0.05) is 26.2 Å². The maximum Gasteiger partial charge on any atom is 0.279 e. The van der Waals surface area contributed by atoms with Crippen molar-refractivity contribution >= 4 is 10.2 Å². The molecule has 17 heavy (non-hydrogen) atoms. The Morgan fingerprint density at radius 3 is 2.71 bits per heavy atom. The summed E-state index contributed by atoms with van der Waals surface area (Å²) >= 11 is 0. The number of hydrogen-bond donors (Lipinski definition) is 2. The highest BCUT2D eigenvalue weighted by Gasteiger charge is 2.37. The van der Waals surface area contributed by atoms with Gasteiger partial charge in [-0.25, -0.2) is 4.72 Å². The summed E-state index contributed by atoms with van der Waals surface area (Å²) in [6.07, 6.45) is 0.532. The molecule has 1 rings (SSSR count). The van der Waals surface area contributed by atoms with E-state index < -0.39 is 15.8 Å². The first kappa shape index (κ1) is 14.8. The molecular weight excluding hydrogens is 242 g/mol. The maximum absolute atomic E-state index is 12.0. The number of nitrogens with one attached hydrogen (secondary N) is 1. The summed E-state index contributed by atoms with van der Waals surface area (Å²) in [6, 6.07) is 0. The molecule has 0 saturated carbocycles. The summed E-state index contributed by atoms with van der Waals surface area (Å²) in [5.41, 5.74) is 5.07. The number of nitrogens with two attached hydrogens (primary N) is 1. The second-order valence-corrected chi connectivity index (χ2v) is 6.68. The van der Waals surface area contributed by atoms with Gasteiger partial charge >= 0.3 is 0 Å². The van der Waals surface area contributed by atoms with Crippen LogP contribution in [-0.4, -0.2) is 50.6 Å². The zero-order valence-corrected chi connectivity index (χ0v) is 11.6. The molecule has 1 fully saturated rings. The van der Waals surface area contributed by atoms with Gasteiger partial charge in [-0.2, -0.15) is 12.7 Å². The monoisotopic (exact) mass is 265 g/mol. The van der Waals surface area contributed by atoms with Crippen LogP contribution in [0.3, 0.4) is 0 Å². The number of rotatable bonds is 5. The average molecular weight is 265 g/mol. The highest BCUT2D eigenvalue weighted by Crippen LogP contribution is 2.22. The maximum atomic E-state index is 12.0. The van der Waals surface area contributed by atoms with Gasteiger partial charge in [-0.15, -0.1) is 0 Å². The fourth-order valence-electron chi connectivity index (χ4n) is 1.87. The van der Waals surface area contributed by atoms with E-state index in [1.165, 1.54) is 4.31 Å². The lowest BCUT2D eigenvalue weighted by molar-refractivity contribution is -0.113. The second-order valence-electron chi connectivity index (χ2n) is 4.93. The van der Waals surface area contributed by atoms with Crippen LogP contribution < -0.4 is 10.5 Å². The third kappa shape index (κ3) is 4.18. The molecule has 1 atom stereocenters. The van der Waals surface area contributed by atoms with Crippen molar-refractivity contribution in [2.75, 3.05) is 26.2 Å². The van der Waals surface area contributed by atoms with E-state index in [0.29, 0.717) is 26.2 Å². The van der Waals surface area contributed by atoms with Crippen LogP contribution in [0.5, 0.6) is 0 Å². The number of morpholine rings is 1. The average Bonchev–Trinajstić information content (AvgIpc) is 2.24. The molecule has 102 valence electrons. The fraction of sp³-hybridized carbons (Fsp3) is 1.00. The molecule has 1 aliphatic rings. The normalized spacial score (nSPS) is 26.0. The first-order valence-electron chi connectivity index (χ1n) is 5.93. The lowest BCUT2D eigenvalue weighted by Crippen LogP contribution is -2.58. The van der Waals surface area contributed by atoms with Gasteiger partial charge in [-0.05, 0) is 20.3 Å². The van der Waals surface area contributed by atoms with E-state index in [1.54, 1.807) is 0 Å². The van der Waals surface area contributed by atoms with Gasteiger partial charge in [-0.3, -0.25) is 0 Å². The molecule has 1 saturated heterocycles. The first-order valence-corrected chi connectivity index (χ1v) is 7.37. The van der Waals surface area contributed by atoms with E-state index in [9.17, 15) is 8.42 Å². The smallest absolute Gasteiger partial charge is 0.279 e. The van der Waals surface area contributed by atoms with Crippen LogP contribution in [0, 0.1) is 0 Å². The Kier molecular flexibility index (Phi) is 4.91. The molecule has 0 aliphatic carbocycles. The predicted octanol–water partition coefficient (Wildman–Crippen LogP) is -0.331. The lowest BCUT2D eigenvalue weighted by Gasteiger charge is -2.41. The number of nitrogens with zero attached hydrogens (tertiary/aromatic N) is 1. The first-order chi connectivity index (χ1) is 7.80. The van der Waals surface area contributed by atoms with Crippen molar-refractivity contribution in [2.45, 2.75) is 38.9 Å². The SMILES string of the molecule is CCCNS(=O)(=O)N1CC(CN)OC(C)(C)C1. The molecule has 3 N–H and O–H groups in total. The standard InChI is InChI=1S/C10H23N3O3S/c1-4-5-12-17(14,15)13-7-9(6-11)16-10(2,3)8-13/h9,12H,4-8,11H2,1-3H3. The van der Waals surface area contributed by atoms with Crippen LogP contribution in [0.15, 0.2) is 0 Å². The minimum Gasteiger partial charge on any atom is -0.368 e. The van der Waals surface area contributed by atoms with E-state index in [0.717, 1.165) is 6.42 Å². The molecule has 1 aliphatic heterocycles. The van der Waals surface area contributed by atoms with E-state index in [2.05, 4.69) is 4.72 Å². The fourth-order valence-corrected chi connectivity index (χ4v) is 3.36. The van der Waals surface area contributed by atoms with Crippen molar-refractivity contribution in [3.63, 3.8) is 0 Å². The van der Waals surface area contributed by atoms with Gasteiger partial charge in [-0.1, -0.05) is 6.92 Å². The molecule has 6 nitrogen and oxygen atoms in total. The molecule has 0 aromatic carbocycles. The minimum atomic E-state index is -3.41. The summed E-state index contributed by atoms with van der Waals surface area (Å²) in [7, 11) is -3.41. The zero-order valence-electron chi connectivity index (χ0n) is 10.8. The van der Waals surface area contributed by atoms with E-state index in [-0.39, 0.29) is 6.10 Å². The van der Waals surface area contributed by atoms with Crippen molar-refractivity contribution < 1.29 is 13.2 Å². The topological polar surface area (TPSA) is 84.7 Å². The summed E-state index contributed by atoms with van der Waals surface area (Å²) in [4.78, 5) is 0. The zero-order chi connectivity index (χ0) is 13.1. The van der Waals surface area contributed by atoms with Crippen molar-refractivity contribution in [1.29, 1.82) is 0 Å². The quantitative estimate of drug-likeness (QED) is 0.713. The summed E-state index contributed by atoms with van der Waals surface area (Å²) in [6.45, 7) is 7.11. The minimum absolute atomic E-state index is 0.239.